The normalized spacial score (nSPS) is 10.0. The maximum absolute atomic E-state index is 11.6. The molecule has 0 saturated heterocycles. The van der Waals surface area contributed by atoms with Crippen molar-refractivity contribution in [2.75, 3.05) is 5.32 Å². The first kappa shape index (κ1) is 15.3. The predicted molar refractivity (Wildman–Crippen MR) is 88.3 cm³/mol. The first-order valence-electron chi connectivity index (χ1n) is 6.71. The fourth-order valence-corrected chi connectivity index (χ4v) is 2.56. The summed E-state index contributed by atoms with van der Waals surface area (Å²) in [5, 5.41) is 2.84. The number of hydrogen-bond acceptors (Lipinski definition) is 3. The molecule has 0 radical (unpaired) electrons. The molecule has 4 heteroatoms. The molecule has 0 saturated carbocycles. The average molecular weight is 298 g/mol. The molecule has 0 spiro atoms. The molecule has 1 N–H and O–H groups in total. The van der Waals surface area contributed by atoms with Crippen molar-refractivity contribution in [2.24, 2.45) is 0 Å². The standard InChI is InChI=1S/C17H18N2OS/c1-13(2)10-17(20)19-15-5-7-16(8-6-15)21-12-14-4-3-9-18-11-14/h3-11H,12H2,1-2H3,(H,19,20). The molecule has 0 bridgehead atoms. The Hall–Kier alpha value is -2.07. The number of anilines is 1. The van der Waals surface area contributed by atoms with Crippen molar-refractivity contribution in [3.05, 3.63) is 66.0 Å². The molecule has 21 heavy (non-hydrogen) atoms. The molecule has 0 fully saturated rings. The van der Waals surface area contributed by atoms with Crippen LogP contribution >= 0.6 is 11.8 Å². The van der Waals surface area contributed by atoms with E-state index in [0.29, 0.717) is 0 Å². The zero-order valence-electron chi connectivity index (χ0n) is 12.2. The summed E-state index contributed by atoms with van der Waals surface area (Å²) in [6.45, 7) is 3.80. The minimum absolute atomic E-state index is 0.0919. The second kappa shape index (κ2) is 7.64. The SMILES string of the molecule is CC(C)=CC(=O)Nc1ccc(SCc2cccnc2)cc1. The van der Waals surface area contributed by atoms with Gasteiger partial charge < -0.3 is 5.32 Å². The second-order valence-corrected chi connectivity index (χ2v) is 5.93. The fourth-order valence-electron chi connectivity index (χ4n) is 1.73. The minimum Gasteiger partial charge on any atom is -0.323 e. The summed E-state index contributed by atoms with van der Waals surface area (Å²) in [6, 6.07) is 11.9. The second-order valence-electron chi connectivity index (χ2n) is 4.89. The highest BCUT2D eigenvalue weighted by Gasteiger charge is 2.00. The van der Waals surface area contributed by atoms with Gasteiger partial charge in [-0.3, -0.25) is 9.78 Å². The van der Waals surface area contributed by atoms with E-state index >= 15 is 0 Å². The highest BCUT2D eigenvalue weighted by molar-refractivity contribution is 7.98. The summed E-state index contributed by atoms with van der Waals surface area (Å²) in [5.74, 6) is 0.794. The van der Waals surface area contributed by atoms with E-state index < -0.39 is 0 Å². The smallest absolute Gasteiger partial charge is 0.248 e. The number of hydrogen-bond donors (Lipinski definition) is 1. The average Bonchev–Trinajstić information content (AvgIpc) is 2.47. The number of carbonyl (C=O) groups is 1. The molecular weight excluding hydrogens is 280 g/mol. The van der Waals surface area contributed by atoms with Gasteiger partial charge in [0.05, 0.1) is 0 Å². The Morgan fingerprint density at radius 3 is 2.62 bits per heavy atom. The topological polar surface area (TPSA) is 42.0 Å². The molecule has 2 aromatic rings. The molecule has 1 heterocycles. The third kappa shape index (κ3) is 5.44. The summed E-state index contributed by atoms with van der Waals surface area (Å²) in [5.41, 5.74) is 2.99. The molecule has 0 aliphatic carbocycles. The molecule has 0 aliphatic heterocycles. The Morgan fingerprint density at radius 2 is 2.00 bits per heavy atom. The van der Waals surface area contributed by atoms with Crippen LogP contribution in [0.15, 0.2) is 65.3 Å². The van der Waals surface area contributed by atoms with Crippen LogP contribution in [0.5, 0.6) is 0 Å². The van der Waals surface area contributed by atoms with E-state index in [1.54, 1.807) is 24.0 Å². The van der Waals surface area contributed by atoms with Crippen LogP contribution in [0.3, 0.4) is 0 Å². The zero-order chi connectivity index (χ0) is 15.1. The maximum Gasteiger partial charge on any atom is 0.248 e. The lowest BCUT2D eigenvalue weighted by molar-refractivity contribution is -0.111. The summed E-state index contributed by atoms with van der Waals surface area (Å²) in [6.07, 6.45) is 5.24. The lowest BCUT2D eigenvalue weighted by Crippen LogP contribution is -2.08. The van der Waals surface area contributed by atoms with Crippen LogP contribution in [0.1, 0.15) is 19.4 Å². The van der Waals surface area contributed by atoms with E-state index in [1.807, 2.05) is 50.4 Å². The predicted octanol–water partition coefficient (Wildman–Crippen LogP) is 4.28. The van der Waals surface area contributed by atoms with Gasteiger partial charge in [0, 0.05) is 34.8 Å². The van der Waals surface area contributed by atoms with Gasteiger partial charge >= 0.3 is 0 Å². The Labute approximate surface area is 129 Å². The quantitative estimate of drug-likeness (QED) is 0.662. The molecule has 2 rings (SSSR count). The number of benzene rings is 1. The first-order valence-corrected chi connectivity index (χ1v) is 7.70. The lowest BCUT2D eigenvalue weighted by Gasteiger charge is -2.05. The summed E-state index contributed by atoms with van der Waals surface area (Å²) in [7, 11) is 0. The first-order chi connectivity index (χ1) is 10.1. The Bertz CT molecular complexity index is 617. The van der Waals surface area contributed by atoms with Gasteiger partial charge in [-0.15, -0.1) is 11.8 Å². The van der Waals surface area contributed by atoms with Crippen molar-refractivity contribution in [3.8, 4) is 0 Å². The Balaban J connectivity index is 1.90. The van der Waals surface area contributed by atoms with E-state index in [0.717, 1.165) is 17.0 Å². The Morgan fingerprint density at radius 1 is 1.24 bits per heavy atom. The number of nitrogens with zero attached hydrogens (tertiary/aromatic N) is 1. The van der Waals surface area contributed by atoms with Crippen molar-refractivity contribution in [2.45, 2.75) is 24.5 Å². The van der Waals surface area contributed by atoms with E-state index in [9.17, 15) is 4.79 Å². The molecular formula is C17H18N2OS. The highest BCUT2D eigenvalue weighted by Crippen LogP contribution is 2.23. The van der Waals surface area contributed by atoms with E-state index in [-0.39, 0.29) is 5.91 Å². The van der Waals surface area contributed by atoms with Gasteiger partial charge in [-0.1, -0.05) is 11.6 Å². The van der Waals surface area contributed by atoms with E-state index in [2.05, 4.69) is 16.4 Å². The summed E-state index contributed by atoms with van der Waals surface area (Å²) in [4.78, 5) is 16.9. The number of carbonyl (C=O) groups excluding carboxylic acids is 1. The van der Waals surface area contributed by atoms with Crippen LogP contribution in [-0.4, -0.2) is 10.9 Å². The van der Waals surface area contributed by atoms with Crippen molar-refractivity contribution in [1.29, 1.82) is 0 Å². The fraction of sp³-hybridized carbons (Fsp3) is 0.176. The van der Waals surface area contributed by atoms with Crippen LogP contribution in [-0.2, 0) is 10.5 Å². The van der Waals surface area contributed by atoms with Gasteiger partial charge in [0.2, 0.25) is 5.91 Å². The third-order valence-electron chi connectivity index (χ3n) is 2.67. The third-order valence-corrected chi connectivity index (χ3v) is 3.75. The molecule has 0 atom stereocenters. The summed E-state index contributed by atoms with van der Waals surface area (Å²) < 4.78 is 0. The van der Waals surface area contributed by atoms with Crippen molar-refractivity contribution in [1.82, 2.24) is 4.98 Å². The van der Waals surface area contributed by atoms with E-state index in [1.165, 1.54) is 10.5 Å². The molecule has 108 valence electrons. The largest absolute Gasteiger partial charge is 0.323 e. The molecule has 0 aliphatic rings. The zero-order valence-corrected chi connectivity index (χ0v) is 13.0. The van der Waals surface area contributed by atoms with Gasteiger partial charge in [-0.25, -0.2) is 0 Å². The number of amides is 1. The highest BCUT2D eigenvalue weighted by atomic mass is 32.2. The number of pyridine rings is 1. The van der Waals surface area contributed by atoms with Gasteiger partial charge in [-0.05, 0) is 49.7 Å². The van der Waals surface area contributed by atoms with Gasteiger partial charge in [0.25, 0.3) is 0 Å². The number of thioether (sulfide) groups is 1. The van der Waals surface area contributed by atoms with Crippen LogP contribution in [0, 0.1) is 0 Å². The van der Waals surface area contributed by atoms with Crippen LogP contribution in [0.25, 0.3) is 0 Å². The van der Waals surface area contributed by atoms with Crippen molar-refractivity contribution < 1.29 is 4.79 Å². The Kier molecular flexibility index (Phi) is 5.58. The van der Waals surface area contributed by atoms with Crippen LogP contribution in [0.4, 0.5) is 5.69 Å². The molecule has 1 amide bonds. The summed E-state index contributed by atoms with van der Waals surface area (Å²) >= 11 is 1.75. The van der Waals surface area contributed by atoms with Gasteiger partial charge in [-0.2, -0.15) is 0 Å². The van der Waals surface area contributed by atoms with Crippen molar-refractivity contribution >= 4 is 23.4 Å². The number of aromatic nitrogens is 1. The minimum atomic E-state index is -0.0919. The number of rotatable bonds is 5. The van der Waals surface area contributed by atoms with E-state index in [4.69, 9.17) is 0 Å². The number of allylic oxidation sites excluding steroid dienone is 1. The molecule has 3 nitrogen and oxygen atoms in total. The molecule has 1 aromatic heterocycles. The monoisotopic (exact) mass is 298 g/mol. The maximum atomic E-state index is 11.6. The van der Waals surface area contributed by atoms with Crippen LogP contribution < -0.4 is 5.32 Å². The van der Waals surface area contributed by atoms with Gasteiger partial charge in [0.1, 0.15) is 0 Å². The van der Waals surface area contributed by atoms with Crippen molar-refractivity contribution in [3.63, 3.8) is 0 Å². The lowest BCUT2D eigenvalue weighted by atomic mass is 10.3. The number of nitrogens with one attached hydrogen (secondary N) is 1. The molecule has 0 unspecified atom stereocenters. The molecule has 1 aromatic carbocycles. The van der Waals surface area contributed by atoms with Crippen LogP contribution in [0.2, 0.25) is 0 Å². The van der Waals surface area contributed by atoms with Gasteiger partial charge in [0.15, 0.2) is 0 Å².